The summed E-state index contributed by atoms with van der Waals surface area (Å²) < 4.78 is 23.5. The van der Waals surface area contributed by atoms with Crippen molar-refractivity contribution < 1.29 is 38.1 Å². The van der Waals surface area contributed by atoms with Crippen LogP contribution < -0.4 is 20.1 Å². The molecule has 3 aliphatic heterocycles. The van der Waals surface area contributed by atoms with Crippen molar-refractivity contribution in [1.29, 1.82) is 0 Å². The number of fused-ring (bicyclic) bond motifs is 4. The fraction of sp³-hybridized carbons (Fsp3) is 0.569. The van der Waals surface area contributed by atoms with Crippen LogP contribution >= 0.6 is 0 Å². The molecule has 1 aliphatic carbocycles. The van der Waals surface area contributed by atoms with Gasteiger partial charge in [-0.05, 0) is 86.5 Å². The minimum atomic E-state index is -0.717. The zero-order valence-electron chi connectivity index (χ0n) is 39.9. The van der Waals surface area contributed by atoms with Gasteiger partial charge in [0.25, 0.3) is 0 Å². The Morgan fingerprint density at radius 1 is 0.612 bits per heavy atom. The summed E-state index contributed by atoms with van der Waals surface area (Å²) in [4.78, 5) is 72.4. The maximum Gasteiger partial charge on any atom is 0.407 e. The van der Waals surface area contributed by atoms with E-state index in [1.807, 2.05) is 49.9 Å². The van der Waals surface area contributed by atoms with E-state index in [4.69, 9.17) is 28.9 Å². The summed E-state index contributed by atoms with van der Waals surface area (Å²) in [6.45, 7) is 9.97. The van der Waals surface area contributed by atoms with Crippen molar-refractivity contribution >= 4 is 24.0 Å². The average Bonchev–Trinajstić information content (AvgIpc) is 4.18. The van der Waals surface area contributed by atoms with E-state index in [1.165, 1.54) is 46.3 Å². The van der Waals surface area contributed by atoms with Gasteiger partial charge in [0.2, 0.25) is 11.8 Å². The number of carbonyl (C=O) groups excluding carboxylic acids is 4. The lowest BCUT2D eigenvalue weighted by Crippen LogP contribution is -2.51. The Hall–Kier alpha value is -6.06. The number of ether oxygens (including phenoxy) is 4. The van der Waals surface area contributed by atoms with Crippen LogP contribution in [0.25, 0.3) is 33.6 Å². The quantitative estimate of drug-likeness (QED) is 0.119. The second kappa shape index (κ2) is 21.3. The highest BCUT2D eigenvalue weighted by atomic mass is 16.5. The first kappa shape index (κ1) is 47.4. The van der Waals surface area contributed by atoms with E-state index in [-0.39, 0.29) is 35.7 Å². The molecule has 4 aliphatic rings. The van der Waals surface area contributed by atoms with Gasteiger partial charge < -0.3 is 49.3 Å². The molecular weight excluding hydrogens is 853 g/mol. The average molecular weight is 921 g/mol. The van der Waals surface area contributed by atoms with Crippen LogP contribution in [0.2, 0.25) is 0 Å². The summed E-state index contributed by atoms with van der Waals surface area (Å²) >= 11 is 0. The molecule has 67 heavy (non-hydrogen) atoms. The maximum atomic E-state index is 13.9. The minimum Gasteiger partial charge on any atom is -0.493 e. The molecule has 2 aromatic heterocycles. The molecule has 6 atom stereocenters. The number of nitrogens with one attached hydrogen (secondary N) is 4. The number of carbonyl (C=O) groups is 4. The van der Waals surface area contributed by atoms with Crippen molar-refractivity contribution in [1.82, 2.24) is 40.4 Å². The molecule has 0 spiro atoms. The maximum absolute atomic E-state index is 13.9. The number of hydrogen-bond acceptors (Lipinski definition) is 10. The van der Waals surface area contributed by atoms with Gasteiger partial charge in [-0.1, -0.05) is 71.9 Å². The summed E-state index contributed by atoms with van der Waals surface area (Å²) in [5.41, 5.74) is 5.29. The Morgan fingerprint density at radius 2 is 1.03 bits per heavy atom. The Balaban J connectivity index is 1.09. The van der Waals surface area contributed by atoms with Crippen LogP contribution in [0.15, 0.2) is 48.8 Å². The van der Waals surface area contributed by atoms with Crippen LogP contribution in [-0.2, 0) is 19.1 Å². The van der Waals surface area contributed by atoms with E-state index < -0.39 is 24.3 Å². The van der Waals surface area contributed by atoms with Gasteiger partial charge in [-0.25, -0.2) is 19.6 Å². The van der Waals surface area contributed by atoms with Gasteiger partial charge in [-0.15, -0.1) is 0 Å². The summed E-state index contributed by atoms with van der Waals surface area (Å²) in [6, 6.07) is 10.5. The fourth-order valence-electron chi connectivity index (χ4n) is 10.4. The molecule has 2 saturated heterocycles. The first-order valence-corrected chi connectivity index (χ1v) is 24.4. The van der Waals surface area contributed by atoms with Crippen LogP contribution in [0, 0.1) is 23.7 Å². The van der Waals surface area contributed by atoms with Crippen molar-refractivity contribution in [2.24, 2.45) is 23.7 Å². The van der Waals surface area contributed by atoms with Gasteiger partial charge in [-0.3, -0.25) is 9.59 Å². The highest BCUT2D eigenvalue weighted by molar-refractivity contribution is 5.87. The molecule has 4 N–H and O–H groups in total. The van der Waals surface area contributed by atoms with Crippen molar-refractivity contribution in [2.75, 3.05) is 40.5 Å². The number of benzene rings is 2. The smallest absolute Gasteiger partial charge is 0.407 e. The molecule has 4 amide bonds. The molecule has 0 radical (unpaired) electrons. The molecule has 5 heterocycles. The number of methoxy groups -OCH3 is 2. The van der Waals surface area contributed by atoms with Gasteiger partial charge >= 0.3 is 12.2 Å². The van der Waals surface area contributed by atoms with E-state index >= 15 is 0 Å². The summed E-state index contributed by atoms with van der Waals surface area (Å²) in [5.74, 6) is 3.02. The van der Waals surface area contributed by atoms with Crippen LogP contribution in [-0.4, -0.2) is 106 Å². The second-order valence-electron chi connectivity index (χ2n) is 19.4. The number of H-pyrrole nitrogens is 2. The number of likely N-dealkylation sites (tertiary alicyclic amines) is 2. The van der Waals surface area contributed by atoms with Crippen LogP contribution in [0.5, 0.6) is 11.5 Å². The topological polar surface area (TPSA) is 193 Å². The molecule has 8 rings (SSSR count). The molecule has 360 valence electrons. The molecule has 3 fully saturated rings. The van der Waals surface area contributed by atoms with E-state index in [2.05, 4.69) is 57.0 Å². The Morgan fingerprint density at radius 3 is 1.43 bits per heavy atom. The predicted molar refractivity (Wildman–Crippen MR) is 253 cm³/mol. The number of amides is 4. The van der Waals surface area contributed by atoms with Gasteiger partial charge in [0, 0.05) is 35.3 Å². The third-order valence-electron chi connectivity index (χ3n) is 14.3. The zero-order valence-corrected chi connectivity index (χ0v) is 39.9. The summed E-state index contributed by atoms with van der Waals surface area (Å²) in [5, 5.41) is 5.46. The highest BCUT2D eigenvalue weighted by Gasteiger charge is 2.39. The van der Waals surface area contributed by atoms with E-state index in [9.17, 15) is 19.2 Å². The number of hydrogen-bond donors (Lipinski definition) is 4. The predicted octanol–water partition coefficient (Wildman–Crippen LogP) is 8.97. The lowest BCUT2D eigenvalue weighted by atomic mass is 9.86. The standard InChI is InChI=1S/C51H68N8O8/c1-30(2)44(56-50(62)64-5)48(60)58-22-12-16-40(58)46-52-26-38(54-46)32-18-20-36-37-21-19-33(25-43(37)67-29-35-15-11-9-7-8-10-14-34(35)28-66-42(36)24-32)39-27-53-47(55-39)41-17-13-23-59(41)49(61)45(31(3)4)57-51(63)65-6/h18-21,24-27,30-31,34-35,40-41,44-45H,7-17,22-23,28-29H2,1-6H3,(H,52,54)(H,53,55)(H,56,62)(H,57,63)/t34?,35?,40-,41-,44+,45+/m0/s1. The molecule has 2 unspecified atom stereocenters. The number of rotatable bonds is 10. The summed E-state index contributed by atoms with van der Waals surface area (Å²) in [6.07, 6.45) is 13.7. The monoisotopic (exact) mass is 921 g/mol. The van der Waals surface area contributed by atoms with Gasteiger partial charge in [0.05, 0.1) is 63.3 Å². The number of imidazole rings is 2. The largest absolute Gasteiger partial charge is 0.493 e. The summed E-state index contributed by atoms with van der Waals surface area (Å²) in [7, 11) is 2.59. The van der Waals surface area contributed by atoms with Crippen molar-refractivity contribution in [3.05, 3.63) is 60.4 Å². The number of aromatic nitrogens is 4. The zero-order chi connectivity index (χ0) is 47.2. The van der Waals surface area contributed by atoms with Crippen molar-refractivity contribution in [2.45, 2.75) is 122 Å². The SMILES string of the molecule is COC(=O)N[C@@H](C(=O)N1CCC[C@H]1c1ncc(-c2ccc3c(c2)OCC2CCCCCCCC2COc2cc(-c4cnc([C@@H]5CCCN5C(=O)[C@H](NC(=O)OC)C(C)C)[nH]4)ccc2-3)[nH]1)C(C)C. The molecule has 4 aromatic rings. The first-order chi connectivity index (χ1) is 32.4. The number of alkyl carbamates (subject to hydrolysis) is 2. The normalized spacial score (nSPS) is 21.9. The highest BCUT2D eigenvalue weighted by Crippen LogP contribution is 2.44. The Kier molecular flexibility index (Phi) is 15.1. The number of aromatic amines is 2. The fourth-order valence-corrected chi connectivity index (χ4v) is 10.4. The lowest BCUT2D eigenvalue weighted by molar-refractivity contribution is -0.136. The van der Waals surface area contributed by atoms with E-state index in [0.29, 0.717) is 49.8 Å². The van der Waals surface area contributed by atoms with Crippen LogP contribution in [0.1, 0.15) is 122 Å². The second-order valence-corrected chi connectivity index (χ2v) is 19.4. The van der Waals surface area contributed by atoms with Gasteiger partial charge in [-0.2, -0.15) is 0 Å². The minimum absolute atomic E-state index is 0.130. The number of nitrogens with zero attached hydrogens (tertiary/aromatic N) is 4. The van der Waals surface area contributed by atoms with Crippen molar-refractivity contribution in [3.63, 3.8) is 0 Å². The molecule has 1 saturated carbocycles. The van der Waals surface area contributed by atoms with Crippen LogP contribution in [0.3, 0.4) is 0 Å². The van der Waals surface area contributed by atoms with Crippen LogP contribution in [0.4, 0.5) is 9.59 Å². The molecule has 16 nitrogen and oxygen atoms in total. The molecular formula is C51H68N8O8. The third-order valence-corrected chi connectivity index (χ3v) is 14.3. The van der Waals surface area contributed by atoms with Gasteiger partial charge in [0.15, 0.2) is 0 Å². The van der Waals surface area contributed by atoms with E-state index in [0.717, 1.165) is 83.7 Å². The molecule has 2 aromatic carbocycles. The molecule has 0 bridgehead atoms. The van der Waals surface area contributed by atoms with E-state index in [1.54, 1.807) is 0 Å². The first-order valence-electron chi connectivity index (χ1n) is 24.4. The molecule has 16 heteroatoms. The lowest BCUT2D eigenvalue weighted by Gasteiger charge is -2.30. The third kappa shape index (κ3) is 10.6. The van der Waals surface area contributed by atoms with Crippen molar-refractivity contribution in [3.8, 4) is 45.1 Å². The van der Waals surface area contributed by atoms with Gasteiger partial charge in [0.1, 0.15) is 35.2 Å². The Labute approximate surface area is 393 Å². The Bertz CT molecular complexity index is 2210.